The fraction of sp³-hybridized carbons (Fsp3) is 1.00. The second kappa shape index (κ2) is 6.78. The summed E-state index contributed by atoms with van der Waals surface area (Å²) in [6.07, 6.45) is 13.3. The maximum Gasteiger partial charge on any atom is 0.00978 e. The summed E-state index contributed by atoms with van der Waals surface area (Å²) in [6.45, 7) is 5.79. The van der Waals surface area contributed by atoms with E-state index in [9.17, 15) is 0 Å². The zero-order valence-electron chi connectivity index (χ0n) is 11.9. The Morgan fingerprint density at radius 1 is 0.882 bits per heavy atom. The molecule has 0 amide bonds. The van der Waals surface area contributed by atoms with Crippen molar-refractivity contribution in [3.63, 3.8) is 0 Å². The molecule has 0 radical (unpaired) electrons. The lowest BCUT2D eigenvalue weighted by Gasteiger charge is -2.40. The number of hydrogen-bond donors (Lipinski definition) is 1. The van der Waals surface area contributed by atoms with Crippen molar-refractivity contribution in [1.29, 1.82) is 0 Å². The molecule has 0 aromatic carbocycles. The highest BCUT2D eigenvalue weighted by Crippen LogP contribution is 2.40. The van der Waals surface area contributed by atoms with Gasteiger partial charge in [0, 0.05) is 6.04 Å². The molecule has 0 aliphatic heterocycles. The Labute approximate surface area is 108 Å². The second-order valence-electron chi connectivity index (χ2n) is 6.30. The van der Waals surface area contributed by atoms with E-state index in [-0.39, 0.29) is 0 Å². The summed E-state index contributed by atoms with van der Waals surface area (Å²) in [7, 11) is 0. The van der Waals surface area contributed by atoms with Gasteiger partial charge in [-0.1, -0.05) is 46.0 Å². The molecule has 2 fully saturated rings. The van der Waals surface area contributed by atoms with Crippen molar-refractivity contribution >= 4 is 0 Å². The fourth-order valence-corrected chi connectivity index (χ4v) is 4.26. The third-order valence-corrected chi connectivity index (χ3v) is 5.36. The molecule has 0 aromatic heterocycles. The lowest BCUT2D eigenvalue weighted by Crippen LogP contribution is -2.42. The van der Waals surface area contributed by atoms with Crippen molar-refractivity contribution in [3.05, 3.63) is 0 Å². The van der Waals surface area contributed by atoms with Crippen LogP contribution < -0.4 is 5.32 Å². The molecule has 2 rings (SSSR count). The van der Waals surface area contributed by atoms with E-state index in [2.05, 4.69) is 19.2 Å². The maximum absolute atomic E-state index is 3.76. The van der Waals surface area contributed by atoms with Crippen LogP contribution in [-0.4, -0.2) is 12.6 Å². The van der Waals surface area contributed by atoms with Crippen LogP contribution in [0, 0.1) is 17.8 Å². The molecule has 0 bridgehead atoms. The summed E-state index contributed by atoms with van der Waals surface area (Å²) in [5.41, 5.74) is 0. The van der Waals surface area contributed by atoms with Crippen LogP contribution in [0.1, 0.15) is 71.6 Å². The lowest BCUT2D eigenvalue weighted by atomic mass is 9.68. The zero-order valence-corrected chi connectivity index (χ0v) is 11.9. The summed E-state index contributed by atoms with van der Waals surface area (Å²) in [6, 6.07) is 0.844. The van der Waals surface area contributed by atoms with E-state index in [0.29, 0.717) is 0 Å². The summed E-state index contributed by atoms with van der Waals surface area (Å²) in [4.78, 5) is 0. The number of rotatable bonds is 4. The molecule has 1 nitrogen and oxygen atoms in total. The molecule has 1 N–H and O–H groups in total. The molecule has 0 aromatic rings. The minimum Gasteiger partial charge on any atom is -0.314 e. The minimum absolute atomic E-state index is 0.844. The van der Waals surface area contributed by atoms with Gasteiger partial charge < -0.3 is 5.32 Å². The van der Waals surface area contributed by atoms with E-state index >= 15 is 0 Å². The predicted octanol–water partition coefficient (Wildman–Crippen LogP) is 4.37. The predicted molar refractivity (Wildman–Crippen MR) is 75.2 cm³/mol. The number of hydrogen-bond acceptors (Lipinski definition) is 1. The second-order valence-corrected chi connectivity index (χ2v) is 6.30. The highest BCUT2D eigenvalue weighted by molar-refractivity contribution is 4.87. The summed E-state index contributed by atoms with van der Waals surface area (Å²) in [5.74, 6) is 3.09. The Kier molecular flexibility index (Phi) is 5.34. The van der Waals surface area contributed by atoms with Gasteiger partial charge in [0.05, 0.1) is 0 Å². The van der Waals surface area contributed by atoms with Crippen LogP contribution in [0.15, 0.2) is 0 Å². The van der Waals surface area contributed by atoms with Gasteiger partial charge in [-0.05, 0) is 50.0 Å². The molecule has 2 saturated carbocycles. The molecule has 2 aliphatic rings. The van der Waals surface area contributed by atoms with Crippen LogP contribution in [0.25, 0.3) is 0 Å². The van der Waals surface area contributed by atoms with Crippen molar-refractivity contribution in [2.45, 2.75) is 77.7 Å². The van der Waals surface area contributed by atoms with Crippen LogP contribution >= 0.6 is 0 Å². The Bertz CT molecular complexity index is 204. The third kappa shape index (κ3) is 3.47. The first-order valence-corrected chi connectivity index (χ1v) is 8.08. The van der Waals surface area contributed by atoms with Crippen molar-refractivity contribution in [1.82, 2.24) is 5.32 Å². The monoisotopic (exact) mass is 237 g/mol. The van der Waals surface area contributed by atoms with Crippen LogP contribution in [0.3, 0.4) is 0 Å². The average molecular weight is 237 g/mol. The van der Waals surface area contributed by atoms with Crippen LogP contribution in [0.5, 0.6) is 0 Å². The topological polar surface area (TPSA) is 12.0 Å². The maximum atomic E-state index is 3.76. The van der Waals surface area contributed by atoms with Gasteiger partial charge >= 0.3 is 0 Å². The Morgan fingerprint density at radius 2 is 1.59 bits per heavy atom. The van der Waals surface area contributed by atoms with Gasteiger partial charge in [0.2, 0.25) is 0 Å². The molecule has 0 heterocycles. The number of nitrogens with one attached hydrogen (secondary N) is 1. The van der Waals surface area contributed by atoms with E-state index in [1.165, 1.54) is 57.8 Å². The molecule has 2 atom stereocenters. The van der Waals surface area contributed by atoms with E-state index < -0.39 is 0 Å². The summed E-state index contributed by atoms with van der Waals surface area (Å²) in [5, 5.41) is 3.76. The highest BCUT2D eigenvalue weighted by Gasteiger charge is 2.33. The van der Waals surface area contributed by atoms with Crippen molar-refractivity contribution < 1.29 is 0 Å². The molecule has 0 spiro atoms. The first-order valence-electron chi connectivity index (χ1n) is 8.08. The summed E-state index contributed by atoms with van der Waals surface area (Å²) >= 11 is 0. The van der Waals surface area contributed by atoms with Gasteiger partial charge in [0.15, 0.2) is 0 Å². The van der Waals surface area contributed by atoms with E-state index in [4.69, 9.17) is 0 Å². The highest BCUT2D eigenvalue weighted by atomic mass is 14.9. The average Bonchev–Trinajstić information content (AvgIpc) is 2.40. The molecule has 2 unspecified atom stereocenters. The standard InChI is InChI=1S/C16H31N/c1-3-13-9-11-14(12-10-13)15-7-5-6-8-16(15)17-4-2/h13-17H,3-12H2,1-2H3. The quantitative estimate of drug-likeness (QED) is 0.765. The van der Waals surface area contributed by atoms with Crippen LogP contribution in [-0.2, 0) is 0 Å². The van der Waals surface area contributed by atoms with Gasteiger partial charge in [-0.2, -0.15) is 0 Å². The SMILES string of the molecule is CCNC1CCCCC1C1CCC(CC)CC1. The van der Waals surface area contributed by atoms with Gasteiger partial charge in [0.1, 0.15) is 0 Å². The summed E-state index contributed by atoms with van der Waals surface area (Å²) < 4.78 is 0. The van der Waals surface area contributed by atoms with E-state index in [0.717, 1.165) is 30.3 Å². The van der Waals surface area contributed by atoms with E-state index in [1.54, 1.807) is 0 Å². The zero-order chi connectivity index (χ0) is 12.1. The van der Waals surface area contributed by atoms with Crippen molar-refractivity contribution in [2.75, 3.05) is 6.54 Å². The van der Waals surface area contributed by atoms with Crippen LogP contribution in [0.2, 0.25) is 0 Å². The minimum atomic E-state index is 0.844. The van der Waals surface area contributed by atoms with Gasteiger partial charge in [-0.15, -0.1) is 0 Å². The smallest absolute Gasteiger partial charge is 0.00978 e. The Balaban J connectivity index is 1.86. The van der Waals surface area contributed by atoms with Gasteiger partial charge in [0.25, 0.3) is 0 Å². The first kappa shape index (κ1) is 13.4. The molecule has 2 aliphatic carbocycles. The largest absolute Gasteiger partial charge is 0.314 e. The fourth-order valence-electron chi connectivity index (χ4n) is 4.26. The van der Waals surface area contributed by atoms with E-state index in [1.807, 2.05) is 0 Å². The molecule has 100 valence electrons. The molecule has 1 heteroatoms. The van der Waals surface area contributed by atoms with Crippen molar-refractivity contribution in [2.24, 2.45) is 17.8 Å². The van der Waals surface area contributed by atoms with Gasteiger partial charge in [-0.3, -0.25) is 0 Å². The van der Waals surface area contributed by atoms with Crippen LogP contribution in [0.4, 0.5) is 0 Å². The normalized spacial score (nSPS) is 39.2. The Hall–Kier alpha value is -0.0400. The molecular weight excluding hydrogens is 206 g/mol. The first-order chi connectivity index (χ1) is 8.35. The Morgan fingerprint density at radius 3 is 2.24 bits per heavy atom. The molecular formula is C16H31N. The van der Waals surface area contributed by atoms with Crippen molar-refractivity contribution in [3.8, 4) is 0 Å². The third-order valence-electron chi connectivity index (χ3n) is 5.36. The molecule has 17 heavy (non-hydrogen) atoms. The molecule has 0 saturated heterocycles. The lowest BCUT2D eigenvalue weighted by molar-refractivity contribution is 0.131. The van der Waals surface area contributed by atoms with Gasteiger partial charge in [-0.25, -0.2) is 0 Å².